The number of hydrogen-bond acceptors (Lipinski definition) is 3. The number of thioether (sulfide) groups is 1. The zero-order valence-corrected chi connectivity index (χ0v) is 10.9. The van der Waals surface area contributed by atoms with E-state index in [-0.39, 0.29) is 0 Å². The first-order chi connectivity index (χ1) is 6.44. The van der Waals surface area contributed by atoms with Gasteiger partial charge in [0.1, 0.15) is 0 Å². The summed E-state index contributed by atoms with van der Waals surface area (Å²) in [5.41, 5.74) is -0.591. The fourth-order valence-electron chi connectivity index (χ4n) is 1.08. The first-order valence-corrected chi connectivity index (χ1v) is 6.78. The van der Waals surface area contributed by atoms with Gasteiger partial charge in [-0.15, -0.1) is 0 Å². The van der Waals surface area contributed by atoms with Crippen molar-refractivity contribution in [3.8, 4) is 0 Å². The standard InChI is InChI=1S/C11H25NOS/c1-6-10(7-14-5)12-8-11(4,13)9(2)3/h9-10,12-13H,6-8H2,1-5H3. The quantitative estimate of drug-likeness (QED) is 0.688. The van der Waals surface area contributed by atoms with Crippen molar-refractivity contribution >= 4 is 11.8 Å². The van der Waals surface area contributed by atoms with Crippen molar-refractivity contribution in [3.05, 3.63) is 0 Å². The van der Waals surface area contributed by atoms with Crippen LogP contribution in [-0.4, -0.2) is 35.3 Å². The van der Waals surface area contributed by atoms with Crippen LogP contribution in [0.4, 0.5) is 0 Å². The Morgan fingerprint density at radius 3 is 2.36 bits per heavy atom. The van der Waals surface area contributed by atoms with Crippen molar-refractivity contribution in [3.63, 3.8) is 0 Å². The van der Waals surface area contributed by atoms with Gasteiger partial charge in [0.05, 0.1) is 5.60 Å². The van der Waals surface area contributed by atoms with Crippen molar-refractivity contribution in [1.82, 2.24) is 5.32 Å². The van der Waals surface area contributed by atoms with Crippen LogP contribution in [0.25, 0.3) is 0 Å². The molecule has 0 radical (unpaired) electrons. The zero-order chi connectivity index (χ0) is 11.2. The summed E-state index contributed by atoms with van der Waals surface area (Å²) in [4.78, 5) is 0. The molecule has 0 aliphatic heterocycles. The van der Waals surface area contributed by atoms with E-state index in [4.69, 9.17) is 0 Å². The second kappa shape index (κ2) is 6.70. The minimum Gasteiger partial charge on any atom is -0.389 e. The molecule has 0 rings (SSSR count). The lowest BCUT2D eigenvalue weighted by molar-refractivity contribution is 0.0123. The van der Waals surface area contributed by atoms with E-state index >= 15 is 0 Å². The minimum atomic E-state index is -0.591. The molecule has 86 valence electrons. The molecule has 3 heteroatoms. The van der Waals surface area contributed by atoms with Gasteiger partial charge in [0.15, 0.2) is 0 Å². The SMILES string of the molecule is CCC(CSC)NCC(C)(O)C(C)C. The van der Waals surface area contributed by atoms with Crippen LogP contribution in [0.5, 0.6) is 0 Å². The van der Waals surface area contributed by atoms with Crippen LogP contribution in [0, 0.1) is 5.92 Å². The first kappa shape index (κ1) is 14.3. The summed E-state index contributed by atoms with van der Waals surface area (Å²) in [6, 6.07) is 0.523. The molecular weight excluding hydrogens is 194 g/mol. The molecule has 0 saturated carbocycles. The Morgan fingerprint density at radius 1 is 1.43 bits per heavy atom. The lowest BCUT2D eigenvalue weighted by atomic mass is 9.92. The average molecular weight is 219 g/mol. The van der Waals surface area contributed by atoms with Gasteiger partial charge in [-0.3, -0.25) is 0 Å². The molecule has 2 atom stereocenters. The maximum absolute atomic E-state index is 10.0. The van der Waals surface area contributed by atoms with Crippen LogP contribution in [0.2, 0.25) is 0 Å². The number of nitrogens with one attached hydrogen (secondary N) is 1. The minimum absolute atomic E-state index is 0.293. The van der Waals surface area contributed by atoms with Crippen molar-refractivity contribution < 1.29 is 5.11 Å². The van der Waals surface area contributed by atoms with Gasteiger partial charge in [-0.25, -0.2) is 0 Å². The molecule has 0 fully saturated rings. The van der Waals surface area contributed by atoms with Gasteiger partial charge in [0, 0.05) is 18.3 Å². The Balaban J connectivity index is 3.89. The largest absolute Gasteiger partial charge is 0.389 e. The molecule has 2 N–H and O–H groups in total. The summed E-state index contributed by atoms with van der Waals surface area (Å²) < 4.78 is 0. The highest BCUT2D eigenvalue weighted by molar-refractivity contribution is 7.98. The summed E-state index contributed by atoms with van der Waals surface area (Å²) >= 11 is 1.85. The molecule has 2 unspecified atom stereocenters. The van der Waals surface area contributed by atoms with Gasteiger partial charge in [0.2, 0.25) is 0 Å². The summed E-state index contributed by atoms with van der Waals surface area (Å²) in [5.74, 6) is 1.41. The molecule has 0 aromatic heterocycles. The third kappa shape index (κ3) is 5.23. The van der Waals surface area contributed by atoms with Crippen LogP contribution in [0.1, 0.15) is 34.1 Å². The third-order valence-corrected chi connectivity index (χ3v) is 3.59. The normalized spacial score (nSPS) is 18.2. The Kier molecular flexibility index (Phi) is 6.83. The fourth-order valence-corrected chi connectivity index (χ4v) is 1.83. The molecule has 0 aromatic carbocycles. The van der Waals surface area contributed by atoms with E-state index in [1.54, 1.807) is 0 Å². The van der Waals surface area contributed by atoms with Crippen LogP contribution in [-0.2, 0) is 0 Å². The molecule has 2 nitrogen and oxygen atoms in total. The molecule has 0 amide bonds. The second-order valence-electron chi connectivity index (χ2n) is 4.45. The van der Waals surface area contributed by atoms with Gasteiger partial charge in [-0.05, 0) is 25.5 Å². The molecule has 0 bridgehead atoms. The van der Waals surface area contributed by atoms with E-state index in [9.17, 15) is 5.11 Å². The van der Waals surface area contributed by atoms with Crippen LogP contribution in [0.3, 0.4) is 0 Å². The van der Waals surface area contributed by atoms with Crippen LogP contribution in [0.15, 0.2) is 0 Å². The van der Waals surface area contributed by atoms with Crippen molar-refractivity contribution in [2.75, 3.05) is 18.6 Å². The summed E-state index contributed by atoms with van der Waals surface area (Å²) in [5, 5.41) is 13.5. The number of hydrogen-bond donors (Lipinski definition) is 2. The number of rotatable bonds is 7. The van der Waals surface area contributed by atoms with Gasteiger partial charge in [-0.1, -0.05) is 20.8 Å². The average Bonchev–Trinajstić information content (AvgIpc) is 2.12. The fraction of sp³-hybridized carbons (Fsp3) is 1.00. The lowest BCUT2D eigenvalue weighted by Crippen LogP contribution is -2.46. The highest BCUT2D eigenvalue weighted by atomic mass is 32.2. The smallest absolute Gasteiger partial charge is 0.0766 e. The number of aliphatic hydroxyl groups is 1. The Labute approximate surface area is 92.9 Å². The summed E-state index contributed by atoms with van der Waals surface area (Å²) in [6.45, 7) is 8.87. The first-order valence-electron chi connectivity index (χ1n) is 5.38. The Hall–Kier alpha value is 0.270. The predicted molar refractivity (Wildman–Crippen MR) is 65.9 cm³/mol. The van der Waals surface area contributed by atoms with Crippen LogP contribution >= 0.6 is 11.8 Å². The summed E-state index contributed by atoms with van der Waals surface area (Å²) in [6.07, 6.45) is 3.24. The lowest BCUT2D eigenvalue weighted by Gasteiger charge is -2.30. The monoisotopic (exact) mass is 219 g/mol. The molecule has 0 spiro atoms. The van der Waals surface area contributed by atoms with Gasteiger partial charge < -0.3 is 10.4 Å². The molecule has 0 saturated heterocycles. The van der Waals surface area contributed by atoms with Crippen molar-refractivity contribution in [2.45, 2.75) is 45.8 Å². The van der Waals surface area contributed by atoms with E-state index in [2.05, 4.69) is 32.3 Å². The van der Waals surface area contributed by atoms with E-state index < -0.39 is 5.60 Å². The van der Waals surface area contributed by atoms with E-state index in [0.717, 1.165) is 12.2 Å². The molecule has 0 heterocycles. The summed E-state index contributed by atoms with van der Waals surface area (Å²) in [7, 11) is 0. The maximum atomic E-state index is 10.0. The molecule has 14 heavy (non-hydrogen) atoms. The zero-order valence-electron chi connectivity index (χ0n) is 10.1. The predicted octanol–water partition coefficient (Wildman–Crippen LogP) is 2.12. The van der Waals surface area contributed by atoms with Gasteiger partial charge in [-0.2, -0.15) is 11.8 Å². The van der Waals surface area contributed by atoms with Crippen molar-refractivity contribution in [2.24, 2.45) is 5.92 Å². The molecule has 0 aliphatic rings. The maximum Gasteiger partial charge on any atom is 0.0766 e. The van der Waals surface area contributed by atoms with Crippen LogP contribution < -0.4 is 5.32 Å². The van der Waals surface area contributed by atoms with E-state index in [1.165, 1.54) is 0 Å². The van der Waals surface area contributed by atoms with Crippen molar-refractivity contribution in [1.29, 1.82) is 0 Å². The topological polar surface area (TPSA) is 32.3 Å². The Morgan fingerprint density at radius 2 is 2.00 bits per heavy atom. The molecular formula is C11H25NOS. The highest BCUT2D eigenvalue weighted by Gasteiger charge is 2.25. The molecule has 0 aliphatic carbocycles. The Bertz CT molecular complexity index is 148. The van der Waals surface area contributed by atoms with Gasteiger partial charge in [0.25, 0.3) is 0 Å². The molecule has 0 aromatic rings. The van der Waals surface area contributed by atoms with E-state index in [0.29, 0.717) is 18.5 Å². The second-order valence-corrected chi connectivity index (χ2v) is 5.36. The highest BCUT2D eigenvalue weighted by Crippen LogP contribution is 2.15. The van der Waals surface area contributed by atoms with E-state index in [1.807, 2.05) is 18.7 Å². The third-order valence-electron chi connectivity index (χ3n) is 2.85. The van der Waals surface area contributed by atoms with Gasteiger partial charge >= 0.3 is 0 Å².